The van der Waals surface area contributed by atoms with E-state index < -0.39 is 4.92 Å². The number of nitrogens with one attached hydrogen (secondary N) is 1. The van der Waals surface area contributed by atoms with Crippen LogP contribution in [0.3, 0.4) is 0 Å². The summed E-state index contributed by atoms with van der Waals surface area (Å²) >= 11 is 5.87. The van der Waals surface area contributed by atoms with Crippen LogP contribution in [-0.2, 0) is 13.6 Å². The van der Waals surface area contributed by atoms with Crippen molar-refractivity contribution in [3.05, 3.63) is 45.0 Å². The molecule has 2 rings (SSSR count). The molecule has 0 bridgehead atoms. The number of aryl methyl sites for hydroxylation is 2. The first-order valence-corrected chi connectivity index (χ1v) is 5.88. The highest BCUT2D eigenvalue weighted by atomic mass is 35.5. The van der Waals surface area contributed by atoms with Crippen molar-refractivity contribution >= 4 is 23.0 Å². The van der Waals surface area contributed by atoms with Crippen LogP contribution in [0.2, 0.25) is 5.02 Å². The second kappa shape index (κ2) is 5.23. The maximum atomic E-state index is 10.8. The molecule has 0 fully saturated rings. The molecule has 1 aromatic heterocycles. The monoisotopic (exact) mass is 281 g/mol. The Kier molecular flexibility index (Phi) is 3.66. The van der Waals surface area contributed by atoms with Crippen LogP contribution in [0.5, 0.6) is 0 Å². The van der Waals surface area contributed by atoms with E-state index in [9.17, 15) is 10.1 Å². The van der Waals surface area contributed by atoms with E-state index in [1.165, 1.54) is 6.07 Å². The molecule has 7 nitrogen and oxygen atoms in total. The van der Waals surface area contributed by atoms with Crippen molar-refractivity contribution in [2.24, 2.45) is 7.05 Å². The highest BCUT2D eigenvalue weighted by Crippen LogP contribution is 2.30. The molecule has 0 saturated heterocycles. The molecular formula is C11H12ClN5O2. The molecule has 0 radical (unpaired) electrons. The smallest absolute Gasteiger partial charge is 0.288 e. The predicted molar refractivity (Wildman–Crippen MR) is 71.2 cm³/mol. The molecular weight excluding hydrogens is 270 g/mol. The SMILES string of the molecule is Cc1cc([N+](=O)[O-])c(Cl)cc1NCc1nncn1C. The van der Waals surface area contributed by atoms with Gasteiger partial charge >= 0.3 is 0 Å². The van der Waals surface area contributed by atoms with Crippen molar-refractivity contribution in [2.45, 2.75) is 13.5 Å². The number of nitrogens with zero attached hydrogens (tertiary/aromatic N) is 4. The summed E-state index contributed by atoms with van der Waals surface area (Å²) in [5.41, 5.74) is 1.39. The molecule has 0 unspecified atom stereocenters. The Balaban J connectivity index is 2.20. The average Bonchev–Trinajstić information content (AvgIpc) is 2.75. The van der Waals surface area contributed by atoms with E-state index in [1.807, 2.05) is 7.05 Å². The van der Waals surface area contributed by atoms with Gasteiger partial charge in [-0.3, -0.25) is 10.1 Å². The maximum Gasteiger partial charge on any atom is 0.288 e. The molecule has 0 aliphatic rings. The summed E-state index contributed by atoms with van der Waals surface area (Å²) in [6.07, 6.45) is 1.60. The summed E-state index contributed by atoms with van der Waals surface area (Å²) < 4.78 is 1.79. The summed E-state index contributed by atoms with van der Waals surface area (Å²) in [5, 5.41) is 21.7. The van der Waals surface area contributed by atoms with E-state index in [0.717, 1.165) is 17.1 Å². The minimum absolute atomic E-state index is 0.0941. The minimum atomic E-state index is -0.498. The summed E-state index contributed by atoms with van der Waals surface area (Å²) in [7, 11) is 1.84. The maximum absolute atomic E-state index is 10.8. The van der Waals surface area contributed by atoms with E-state index in [-0.39, 0.29) is 10.7 Å². The Bertz CT molecular complexity index is 626. The molecule has 2 aromatic rings. The molecule has 8 heteroatoms. The van der Waals surface area contributed by atoms with Gasteiger partial charge in [0, 0.05) is 18.8 Å². The van der Waals surface area contributed by atoms with E-state index >= 15 is 0 Å². The molecule has 0 amide bonds. The van der Waals surface area contributed by atoms with Gasteiger partial charge in [-0.1, -0.05) is 11.6 Å². The molecule has 1 heterocycles. The molecule has 0 atom stereocenters. The Hall–Kier alpha value is -2.15. The van der Waals surface area contributed by atoms with Gasteiger partial charge in [-0.05, 0) is 18.6 Å². The summed E-state index contributed by atoms with van der Waals surface area (Å²) in [6, 6.07) is 2.99. The second-order valence-corrected chi connectivity index (χ2v) is 4.49. The van der Waals surface area contributed by atoms with Gasteiger partial charge in [0.15, 0.2) is 5.82 Å². The lowest BCUT2D eigenvalue weighted by atomic mass is 10.2. The standard InChI is InChI=1S/C11H12ClN5O2/c1-7-3-10(17(18)19)8(12)4-9(7)13-5-11-15-14-6-16(11)2/h3-4,6,13H,5H2,1-2H3. The van der Waals surface area contributed by atoms with Crippen molar-refractivity contribution in [2.75, 3.05) is 5.32 Å². The fourth-order valence-electron chi connectivity index (χ4n) is 1.64. The number of nitro benzene ring substituents is 1. The van der Waals surface area contributed by atoms with Crippen molar-refractivity contribution in [1.29, 1.82) is 0 Å². The van der Waals surface area contributed by atoms with Crippen molar-refractivity contribution in [1.82, 2.24) is 14.8 Å². The number of aromatic nitrogens is 3. The lowest BCUT2D eigenvalue weighted by Gasteiger charge is -2.09. The third-order valence-electron chi connectivity index (χ3n) is 2.73. The lowest BCUT2D eigenvalue weighted by Crippen LogP contribution is -2.07. The number of rotatable bonds is 4. The first kappa shape index (κ1) is 13.3. The average molecular weight is 282 g/mol. The van der Waals surface area contributed by atoms with E-state index in [1.54, 1.807) is 23.9 Å². The van der Waals surface area contributed by atoms with Gasteiger partial charge in [-0.15, -0.1) is 10.2 Å². The van der Waals surface area contributed by atoms with Crippen LogP contribution in [0.15, 0.2) is 18.5 Å². The zero-order valence-electron chi connectivity index (χ0n) is 10.4. The van der Waals surface area contributed by atoms with Crippen LogP contribution in [0.1, 0.15) is 11.4 Å². The van der Waals surface area contributed by atoms with Gasteiger partial charge in [-0.2, -0.15) is 0 Å². The topological polar surface area (TPSA) is 85.9 Å². The van der Waals surface area contributed by atoms with Crippen molar-refractivity contribution in [3.8, 4) is 0 Å². The van der Waals surface area contributed by atoms with Crippen LogP contribution >= 0.6 is 11.6 Å². The van der Waals surface area contributed by atoms with E-state index in [2.05, 4.69) is 15.5 Å². The number of hydrogen-bond acceptors (Lipinski definition) is 5. The third-order valence-corrected chi connectivity index (χ3v) is 3.04. The Labute approximate surface area is 114 Å². The summed E-state index contributed by atoms with van der Waals surface area (Å²) in [4.78, 5) is 10.3. The number of halogens is 1. The summed E-state index contributed by atoms with van der Waals surface area (Å²) in [5.74, 6) is 0.758. The van der Waals surface area contributed by atoms with Gasteiger partial charge in [0.25, 0.3) is 5.69 Å². The normalized spacial score (nSPS) is 10.5. The number of anilines is 1. The third kappa shape index (κ3) is 2.82. The van der Waals surface area contributed by atoms with Gasteiger partial charge in [0.2, 0.25) is 0 Å². The van der Waals surface area contributed by atoms with Gasteiger partial charge in [0.05, 0.1) is 11.5 Å². The summed E-state index contributed by atoms with van der Waals surface area (Å²) in [6.45, 7) is 2.24. The zero-order chi connectivity index (χ0) is 14.0. The predicted octanol–water partition coefficient (Wildman–Crippen LogP) is 2.30. The number of nitro groups is 1. The van der Waals surface area contributed by atoms with Crippen LogP contribution in [0, 0.1) is 17.0 Å². The molecule has 0 spiro atoms. The molecule has 0 aliphatic heterocycles. The van der Waals surface area contributed by atoms with Crippen LogP contribution in [-0.4, -0.2) is 19.7 Å². The van der Waals surface area contributed by atoms with E-state index in [0.29, 0.717) is 6.54 Å². The van der Waals surface area contributed by atoms with E-state index in [4.69, 9.17) is 11.6 Å². The largest absolute Gasteiger partial charge is 0.377 e. The highest BCUT2D eigenvalue weighted by molar-refractivity contribution is 6.33. The molecule has 1 aromatic carbocycles. The number of hydrogen-bond donors (Lipinski definition) is 1. The quantitative estimate of drug-likeness (QED) is 0.686. The van der Waals surface area contributed by atoms with Gasteiger partial charge < -0.3 is 9.88 Å². The molecule has 100 valence electrons. The van der Waals surface area contributed by atoms with Gasteiger partial charge in [-0.25, -0.2) is 0 Å². The first-order chi connectivity index (χ1) is 8.99. The molecule has 0 aliphatic carbocycles. The fourth-order valence-corrected chi connectivity index (χ4v) is 1.87. The highest BCUT2D eigenvalue weighted by Gasteiger charge is 2.15. The Morgan fingerprint density at radius 1 is 1.53 bits per heavy atom. The minimum Gasteiger partial charge on any atom is -0.377 e. The number of benzene rings is 1. The lowest BCUT2D eigenvalue weighted by molar-refractivity contribution is -0.384. The van der Waals surface area contributed by atoms with Crippen molar-refractivity contribution < 1.29 is 4.92 Å². The fraction of sp³-hybridized carbons (Fsp3) is 0.273. The van der Waals surface area contributed by atoms with Crippen molar-refractivity contribution in [3.63, 3.8) is 0 Å². The van der Waals surface area contributed by atoms with Gasteiger partial charge in [0.1, 0.15) is 11.3 Å². The van der Waals surface area contributed by atoms with Crippen LogP contribution in [0.4, 0.5) is 11.4 Å². The molecule has 1 N–H and O–H groups in total. The van der Waals surface area contributed by atoms with Crippen LogP contribution in [0.25, 0.3) is 0 Å². The second-order valence-electron chi connectivity index (χ2n) is 4.09. The zero-order valence-corrected chi connectivity index (χ0v) is 11.2. The molecule has 0 saturated carbocycles. The Morgan fingerprint density at radius 3 is 2.84 bits per heavy atom. The van der Waals surface area contributed by atoms with Crippen LogP contribution < -0.4 is 5.32 Å². The Morgan fingerprint density at radius 2 is 2.26 bits per heavy atom. The molecule has 19 heavy (non-hydrogen) atoms. The first-order valence-electron chi connectivity index (χ1n) is 5.50.